The number of carboxylic acids is 1. The van der Waals surface area contributed by atoms with E-state index < -0.39 is 17.7 Å². The number of aromatic carboxylic acids is 1. The third-order valence-electron chi connectivity index (χ3n) is 2.65. The third kappa shape index (κ3) is 3.51. The van der Waals surface area contributed by atoms with Gasteiger partial charge in [0.2, 0.25) is 0 Å². The van der Waals surface area contributed by atoms with E-state index in [2.05, 4.69) is 5.32 Å². The molecular weight excluding hydrogens is 320 g/mol. The van der Waals surface area contributed by atoms with E-state index in [9.17, 15) is 14.0 Å². The largest absolute Gasteiger partial charge is 0.478 e. The van der Waals surface area contributed by atoms with Gasteiger partial charge in [0.25, 0.3) is 5.91 Å². The number of carbonyl (C=O) groups is 2. The van der Waals surface area contributed by atoms with Crippen LogP contribution < -0.4 is 5.32 Å². The zero-order chi connectivity index (χ0) is 15.6. The molecule has 0 aliphatic heterocycles. The lowest BCUT2D eigenvalue weighted by atomic mass is 10.1. The first-order chi connectivity index (χ1) is 9.88. The molecule has 2 aromatic rings. The lowest BCUT2D eigenvalue weighted by Crippen LogP contribution is -2.12. The molecular formula is C14H8Cl2FNO3. The lowest BCUT2D eigenvalue weighted by molar-refractivity contribution is 0.0696. The summed E-state index contributed by atoms with van der Waals surface area (Å²) in [5.41, 5.74) is 0.398. The summed E-state index contributed by atoms with van der Waals surface area (Å²) in [7, 11) is 0. The van der Waals surface area contributed by atoms with E-state index in [1.165, 1.54) is 30.3 Å². The molecule has 0 aliphatic rings. The molecule has 0 heterocycles. The molecule has 0 unspecified atom stereocenters. The van der Waals surface area contributed by atoms with Crippen LogP contribution in [0.15, 0.2) is 36.4 Å². The number of amides is 1. The van der Waals surface area contributed by atoms with E-state index in [0.29, 0.717) is 0 Å². The van der Waals surface area contributed by atoms with Crippen LogP contribution in [0, 0.1) is 5.82 Å². The zero-order valence-electron chi connectivity index (χ0n) is 10.4. The molecule has 2 N–H and O–H groups in total. The quantitative estimate of drug-likeness (QED) is 0.892. The fourth-order valence-corrected chi connectivity index (χ4v) is 1.99. The second-order valence-corrected chi connectivity index (χ2v) is 4.90. The molecule has 1 amide bonds. The van der Waals surface area contributed by atoms with Gasteiger partial charge in [-0.2, -0.15) is 0 Å². The third-order valence-corrected chi connectivity index (χ3v) is 3.25. The topological polar surface area (TPSA) is 66.4 Å². The number of benzene rings is 2. The molecule has 0 saturated carbocycles. The number of carboxylic acid groups (broad SMARTS) is 1. The number of carbonyl (C=O) groups excluding carboxylic acids is 1. The summed E-state index contributed by atoms with van der Waals surface area (Å²) in [6, 6.07) is 7.43. The average molecular weight is 328 g/mol. The highest BCUT2D eigenvalue weighted by atomic mass is 35.5. The molecule has 0 aromatic heterocycles. The number of hydrogen-bond donors (Lipinski definition) is 2. The van der Waals surface area contributed by atoms with Gasteiger partial charge in [-0.1, -0.05) is 23.2 Å². The normalized spacial score (nSPS) is 10.2. The first-order valence-corrected chi connectivity index (χ1v) is 6.43. The average Bonchev–Trinajstić information content (AvgIpc) is 2.43. The SMILES string of the molecule is O=C(O)c1ccc(NC(=O)c2ccc(F)c(Cl)c2)c(Cl)c1. The molecule has 0 spiro atoms. The summed E-state index contributed by atoms with van der Waals surface area (Å²) in [5, 5.41) is 11.2. The fraction of sp³-hybridized carbons (Fsp3) is 0. The van der Waals surface area contributed by atoms with Gasteiger partial charge in [0.05, 0.1) is 21.3 Å². The van der Waals surface area contributed by atoms with Crippen LogP contribution in [-0.4, -0.2) is 17.0 Å². The molecule has 0 aliphatic carbocycles. The Labute approximate surface area is 129 Å². The number of halogens is 3. The van der Waals surface area contributed by atoms with E-state index in [0.717, 1.165) is 6.07 Å². The maximum atomic E-state index is 13.0. The molecule has 21 heavy (non-hydrogen) atoms. The first kappa shape index (κ1) is 15.3. The van der Waals surface area contributed by atoms with Crippen molar-refractivity contribution in [2.75, 3.05) is 5.32 Å². The zero-order valence-corrected chi connectivity index (χ0v) is 11.9. The van der Waals surface area contributed by atoms with Crippen LogP contribution in [-0.2, 0) is 0 Å². The number of nitrogens with one attached hydrogen (secondary N) is 1. The monoisotopic (exact) mass is 327 g/mol. The van der Waals surface area contributed by atoms with Crippen LogP contribution in [0.25, 0.3) is 0 Å². The number of hydrogen-bond acceptors (Lipinski definition) is 2. The van der Waals surface area contributed by atoms with Gasteiger partial charge in [-0.25, -0.2) is 9.18 Å². The minimum Gasteiger partial charge on any atom is -0.478 e. The minimum atomic E-state index is -1.12. The van der Waals surface area contributed by atoms with Crippen molar-refractivity contribution in [2.45, 2.75) is 0 Å². The van der Waals surface area contributed by atoms with Crippen LogP contribution in [0.2, 0.25) is 10.0 Å². The summed E-state index contributed by atoms with van der Waals surface area (Å²) in [6.07, 6.45) is 0. The van der Waals surface area contributed by atoms with Crippen molar-refractivity contribution in [1.29, 1.82) is 0 Å². The van der Waals surface area contributed by atoms with E-state index in [1.807, 2.05) is 0 Å². The van der Waals surface area contributed by atoms with Gasteiger partial charge in [0, 0.05) is 5.56 Å². The molecule has 4 nitrogen and oxygen atoms in total. The second kappa shape index (κ2) is 6.11. The summed E-state index contributed by atoms with van der Waals surface area (Å²) in [6.45, 7) is 0. The van der Waals surface area contributed by atoms with Crippen LogP contribution in [0.4, 0.5) is 10.1 Å². The lowest BCUT2D eigenvalue weighted by Gasteiger charge is -2.08. The van der Waals surface area contributed by atoms with Gasteiger partial charge in [-0.15, -0.1) is 0 Å². The molecule has 0 bridgehead atoms. The smallest absolute Gasteiger partial charge is 0.335 e. The Balaban J connectivity index is 2.23. The Morgan fingerprint density at radius 2 is 1.62 bits per heavy atom. The van der Waals surface area contributed by atoms with Crippen molar-refractivity contribution < 1.29 is 19.1 Å². The summed E-state index contributed by atoms with van der Waals surface area (Å²) in [4.78, 5) is 22.8. The molecule has 2 aromatic carbocycles. The first-order valence-electron chi connectivity index (χ1n) is 5.67. The predicted octanol–water partition coefficient (Wildman–Crippen LogP) is 4.08. The number of rotatable bonds is 3. The summed E-state index contributed by atoms with van der Waals surface area (Å²) in [5.74, 6) is -2.29. The summed E-state index contributed by atoms with van der Waals surface area (Å²) >= 11 is 11.5. The van der Waals surface area contributed by atoms with Crippen molar-refractivity contribution >= 4 is 40.8 Å². The minimum absolute atomic E-state index is 0.00262. The van der Waals surface area contributed by atoms with Gasteiger partial charge in [0.1, 0.15) is 5.82 Å². The Morgan fingerprint density at radius 3 is 2.19 bits per heavy atom. The molecule has 0 fully saturated rings. The standard InChI is InChI=1S/C14H8Cl2FNO3/c15-9-5-7(1-3-11(9)17)13(19)18-12-4-2-8(14(20)21)6-10(12)16/h1-6H,(H,18,19)(H,20,21). The maximum Gasteiger partial charge on any atom is 0.335 e. The van der Waals surface area contributed by atoms with Crippen molar-refractivity contribution in [3.05, 3.63) is 63.4 Å². The van der Waals surface area contributed by atoms with Crippen molar-refractivity contribution in [1.82, 2.24) is 0 Å². The number of anilines is 1. The van der Waals surface area contributed by atoms with Gasteiger partial charge in [-0.3, -0.25) is 4.79 Å². The Kier molecular flexibility index (Phi) is 4.45. The maximum absolute atomic E-state index is 13.0. The van der Waals surface area contributed by atoms with Crippen LogP contribution in [0.5, 0.6) is 0 Å². The van der Waals surface area contributed by atoms with Gasteiger partial charge in [-0.05, 0) is 36.4 Å². The summed E-state index contributed by atoms with van der Waals surface area (Å²) < 4.78 is 13.0. The molecule has 7 heteroatoms. The highest BCUT2D eigenvalue weighted by Gasteiger charge is 2.12. The van der Waals surface area contributed by atoms with E-state index in [4.69, 9.17) is 28.3 Å². The van der Waals surface area contributed by atoms with Crippen molar-refractivity contribution in [3.8, 4) is 0 Å². The molecule has 0 saturated heterocycles. The van der Waals surface area contributed by atoms with Crippen LogP contribution >= 0.6 is 23.2 Å². The molecule has 2 rings (SSSR count). The van der Waals surface area contributed by atoms with Crippen LogP contribution in [0.1, 0.15) is 20.7 Å². The second-order valence-electron chi connectivity index (χ2n) is 4.08. The highest BCUT2D eigenvalue weighted by molar-refractivity contribution is 6.34. The predicted molar refractivity (Wildman–Crippen MR) is 77.8 cm³/mol. The molecule has 0 radical (unpaired) electrons. The molecule has 0 atom stereocenters. The van der Waals surface area contributed by atoms with Crippen LogP contribution in [0.3, 0.4) is 0 Å². The van der Waals surface area contributed by atoms with Crippen molar-refractivity contribution in [2.24, 2.45) is 0 Å². The van der Waals surface area contributed by atoms with Crippen molar-refractivity contribution in [3.63, 3.8) is 0 Å². The molecule has 108 valence electrons. The Hall–Kier alpha value is -2.11. The van der Waals surface area contributed by atoms with E-state index >= 15 is 0 Å². The van der Waals surface area contributed by atoms with Gasteiger partial charge >= 0.3 is 5.97 Å². The Bertz CT molecular complexity index is 734. The highest BCUT2D eigenvalue weighted by Crippen LogP contribution is 2.24. The Morgan fingerprint density at radius 1 is 1.00 bits per heavy atom. The fourth-order valence-electron chi connectivity index (χ4n) is 1.58. The van der Waals surface area contributed by atoms with E-state index in [1.54, 1.807) is 0 Å². The van der Waals surface area contributed by atoms with Gasteiger partial charge in [0.15, 0.2) is 0 Å². The van der Waals surface area contributed by atoms with E-state index in [-0.39, 0.29) is 26.9 Å². The van der Waals surface area contributed by atoms with Gasteiger partial charge < -0.3 is 10.4 Å².